The minimum Gasteiger partial charge on any atom is -0.248 e. The Morgan fingerprint density at radius 1 is 1.38 bits per heavy atom. The van der Waals surface area contributed by atoms with Crippen LogP contribution in [0.1, 0.15) is 0 Å². The molecule has 0 radical (unpaired) electrons. The predicted molar refractivity (Wildman–Crippen MR) is 41.6 cm³/mol. The van der Waals surface area contributed by atoms with Crippen molar-refractivity contribution in [3.8, 4) is 0 Å². The lowest BCUT2D eigenvalue weighted by molar-refractivity contribution is -0.401. The molecule has 7 nitrogen and oxygen atoms in total. The average molecular weight is 180 g/mol. The number of imide groups is 1. The Morgan fingerprint density at radius 3 is 2.77 bits per heavy atom. The van der Waals surface area contributed by atoms with Gasteiger partial charge in [-0.15, -0.1) is 5.10 Å². The largest absolute Gasteiger partial charge is 0.446 e. The quantitative estimate of drug-likeness (QED) is 0.468. The summed E-state index contributed by atoms with van der Waals surface area (Å²) in [5, 5.41) is 10.4. The Labute approximate surface area is 73.1 Å². The molecular weight excluding hydrogens is 174 g/mol. The van der Waals surface area contributed by atoms with Crippen molar-refractivity contribution in [2.45, 2.75) is 0 Å². The smallest absolute Gasteiger partial charge is 0.248 e. The summed E-state index contributed by atoms with van der Waals surface area (Å²) in [5.74, 6) is -0.254. The van der Waals surface area contributed by atoms with Crippen LogP contribution in [-0.4, -0.2) is 47.1 Å². The van der Waals surface area contributed by atoms with Crippen molar-refractivity contribution in [2.24, 2.45) is 15.4 Å². The number of hydrogen-bond acceptors (Lipinski definition) is 5. The number of nitrogens with zero attached hydrogens (tertiary/aromatic N) is 5. The minimum absolute atomic E-state index is 0.115. The van der Waals surface area contributed by atoms with E-state index in [-0.39, 0.29) is 11.5 Å². The second kappa shape index (κ2) is 2.28. The van der Waals surface area contributed by atoms with Crippen molar-refractivity contribution in [2.75, 3.05) is 14.1 Å². The van der Waals surface area contributed by atoms with E-state index in [4.69, 9.17) is 0 Å². The summed E-state index contributed by atoms with van der Waals surface area (Å²) in [6.07, 6.45) is 0. The molecular formula is C6H6N5O2+. The summed E-state index contributed by atoms with van der Waals surface area (Å²) in [5.41, 5.74) is 0.115. The van der Waals surface area contributed by atoms with Gasteiger partial charge < -0.3 is 0 Å². The first-order valence-electron chi connectivity index (χ1n) is 3.54. The molecule has 0 aromatic rings. The third kappa shape index (κ3) is 0.835. The van der Waals surface area contributed by atoms with E-state index >= 15 is 0 Å². The Kier molecular flexibility index (Phi) is 1.35. The summed E-state index contributed by atoms with van der Waals surface area (Å²) in [7, 11) is 2.90. The summed E-state index contributed by atoms with van der Waals surface area (Å²) in [6, 6.07) is -0.431. The number of amidine groups is 1. The Morgan fingerprint density at radius 2 is 2.08 bits per heavy atom. The van der Waals surface area contributed by atoms with Crippen LogP contribution in [0.15, 0.2) is 15.4 Å². The fourth-order valence-corrected chi connectivity index (χ4v) is 1.13. The average Bonchev–Trinajstić information content (AvgIpc) is 2.59. The van der Waals surface area contributed by atoms with Crippen LogP contribution in [0.25, 0.3) is 0 Å². The van der Waals surface area contributed by atoms with Gasteiger partial charge in [0.25, 0.3) is 0 Å². The minimum atomic E-state index is -0.469. The highest BCUT2D eigenvalue weighted by Crippen LogP contribution is 2.08. The maximum Gasteiger partial charge on any atom is 0.446 e. The van der Waals surface area contributed by atoms with Gasteiger partial charge in [0, 0.05) is 10.3 Å². The van der Waals surface area contributed by atoms with E-state index < -0.39 is 11.9 Å². The van der Waals surface area contributed by atoms with Gasteiger partial charge >= 0.3 is 17.8 Å². The fraction of sp³-hybridized carbons (Fsp3) is 0.333. The highest BCUT2D eigenvalue weighted by atomic mass is 16.2. The van der Waals surface area contributed by atoms with Gasteiger partial charge in [0.15, 0.2) is 0 Å². The van der Waals surface area contributed by atoms with Crippen LogP contribution in [-0.2, 0) is 4.79 Å². The molecule has 0 spiro atoms. The molecule has 66 valence electrons. The maximum atomic E-state index is 11.4. The molecule has 0 bridgehead atoms. The van der Waals surface area contributed by atoms with Crippen molar-refractivity contribution in [1.82, 2.24) is 4.90 Å². The summed E-state index contributed by atoms with van der Waals surface area (Å²) >= 11 is 0. The number of carbonyl (C=O) groups is 2. The van der Waals surface area contributed by atoms with Crippen LogP contribution in [0.4, 0.5) is 4.79 Å². The molecule has 3 amide bonds. The van der Waals surface area contributed by atoms with Gasteiger partial charge in [-0.1, -0.05) is 0 Å². The van der Waals surface area contributed by atoms with Crippen molar-refractivity contribution >= 4 is 23.5 Å². The predicted octanol–water partition coefficient (Wildman–Crippen LogP) is -0.559. The molecule has 0 atom stereocenters. The summed E-state index contributed by atoms with van der Waals surface area (Å²) < 4.78 is 1.23. The van der Waals surface area contributed by atoms with Gasteiger partial charge in [-0.2, -0.15) is 9.48 Å². The molecule has 2 aliphatic heterocycles. The molecule has 0 aromatic carbocycles. The first-order chi connectivity index (χ1) is 6.13. The van der Waals surface area contributed by atoms with Crippen LogP contribution in [0.3, 0.4) is 0 Å². The number of carbonyl (C=O) groups excluding carboxylic acids is 2. The van der Waals surface area contributed by atoms with Crippen LogP contribution >= 0.6 is 0 Å². The standard InChI is InChI=1S/C6H6N5O2/c1-10-4-3(7-9-8-4)5(12)11(2)6(10)13/h1-2H3/q+1. The lowest BCUT2D eigenvalue weighted by Gasteiger charge is -2.14. The highest BCUT2D eigenvalue weighted by molar-refractivity contribution is 6.67. The zero-order valence-electron chi connectivity index (χ0n) is 7.05. The SMILES string of the molecule is CN1C(=O)C2=NN=NC2=[N+](C)C1=O. The molecule has 0 aromatic heterocycles. The summed E-state index contributed by atoms with van der Waals surface area (Å²) in [4.78, 5) is 23.7. The topological polar surface area (TPSA) is 77.5 Å². The zero-order valence-corrected chi connectivity index (χ0v) is 7.05. The van der Waals surface area contributed by atoms with E-state index in [2.05, 4.69) is 15.4 Å². The number of rotatable bonds is 0. The molecule has 2 aliphatic rings. The van der Waals surface area contributed by atoms with E-state index in [1.165, 1.54) is 18.7 Å². The lowest BCUT2D eigenvalue weighted by atomic mass is 10.2. The molecule has 0 aliphatic carbocycles. The number of hydrogen-bond donors (Lipinski definition) is 0. The molecule has 0 saturated carbocycles. The monoisotopic (exact) mass is 180 g/mol. The van der Waals surface area contributed by atoms with Crippen LogP contribution in [0, 0.1) is 0 Å². The molecule has 13 heavy (non-hydrogen) atoms. The molecule has 0 unspecified atom stereocenters. The van der Waals surface area contributed by atoms with E-state index in [0.29, 0.717) is 0 Å². The third-order valence-corrected chi connectivity index (χ3v) is 1.89. The number of urea groups is 1. The van der Waals surface area contributed by atoms with E-state index in [0.717, 1.165) is 4.90 Å². The number of amides is 3. The van der Waals surface area contributed by atoms with Gasteiger partial charge in [-0.3, -0.25) is 0 Å². The zero-order chi connectivity index (χ0) is 9.59. The molecule has 2 heterocycles. The molecule has 7 heteroatoms. The lowest BCUT2D eigenvalue weighted by Crippen LogP contribution is -2.51. The highest BCUT2D eigenvalue weighted by Gasteiger charge is 2.43. The second-order valence-electron chi connectivity index (χ2n) is 2.67. The van der Waals surface area contributed by atoms with Gasteiger partial charge in [-0.25, -0.2) is 9.59 Å². The van der Waals surface area contributed by atoms with E-state index in [9.17, 15) is 9.59 Å². The Balaban J connectivity index is 2.63. The molecule has 2 rings (SSSR count). The van der Waals surface area contributed by atoms with E-state index in [1.54, 1.807) is 0 Å². The van der Waals surface area contributed by atoms with Crippen molar-refractivity contribution < 1.29 is 14.2 Å². The van der Waals surface area contributed by atoms with Gasteiger partial charge in [0.1, 0.15) is 0 Å². The fourth-order valence-electron chi connectivity index (χ4n) is 1.13. The Hall–Kier alpha value is -1.92. The molecule has 0 fully saturated rings. The van der Waals surface area contributed by atoms with Crippen molar-refractivity contribution in [1.29, 1.82) is 0 Å². The van der Waals surface area contributed by atoms with Crippen molar-refractivity contribution in [3.05, 3.63) is 0 Å². The van der Waals surface area contributed by atoms with Crippen LogP contribution in [0.5, 0.6) is 0 Å². The molecule has 0 saturated heterocycles. The molecule has 0 N–H and O–H groups in total. The van der Waals surface area contributed by atoms with Crippen LogP contribution in [0.2, 0.25) is 0 Å². The first kappa shape index (κ1) is 7.71. The second-order valence-corrected chi connectivity index (χ2v) is 2.67. The Bertz CT molecular complexity index is 405. The summed E-state index contributed by atoms with van der Waals surface area (Å²) in [6.45, 7) is 0. The first-order valence-corrected chi connectivity index (χ1v) is 3.54. The normalized spacial score (nSPS) is 21.1. The van der Waals surface area contributed by atoms with Crippen LogP contribution < -0.4 is 0 Å². The van der Waals surface area contributed by atoms with Gasteiger partial charge in [0.05, 0.1) is 14.1 Å². The van der Waals surface area contributed by atoms with Crippen molar-refractivity contribution in [3.63, 3.8) is 0 Å². The maximum absolute atomic E-state index is 11.4. The number of fused-ring (bicyclic) bond motifs is 1. The van der Waals surface area contributed by atoms with Gasteiger partial charge in [0.2, 0.25) is 5.71 Å². The third-order valence-electron chi connectivity index (χ3n) is 1.89. The van der Waals surface area contributed by atoms with Gasteiger partial charge in [-0.05, 0) is 0 Å². The van der Waals surface area contributed by atoms with E-state index in [1.807, 2.05) is 0 Å².